The zero-order valence-corrected chi connectivity index (χ0v) is 18.5. The largest absolute Gasteiger partial charge is 0.487 e. The number of esters is 1. The SMILES string of the molecule is CCS(=O)(=O)N(CCCCCOC(C)=O)C1CC(C)(C)Oc2cc(C)ccc21. The number of sulfonamides is 1. The van der Waals surface area contributed by atoms with Gasteiger partial charge in [-0.25, -0.2) is 8.42 Å². The molecular formula is C21H33NO5S. The predicted molar refractivity (Wildman–Crippen MR) is 110 cm³/mol. The molecule has 7 heteroatoms. The van der Waals surface area contributed by atoms with Gasteiger partial charge in [-0.2, -0.15) is 4.31 Å². The van der Waals surface area contributed by atoms with E-state index in [1.807, 2.05) is 39.0 Å². The molecule has 0 N–H and O–H groups in total. The molecule has 0 aliphatic carbocycles. The lowest BCUT2D eigenvalue weighted by Crippen LogP contribution is -2.44. The van der Waals surface area contributed by atoms with E-state index in [4.69, 9.17) is 9.47 Å². The third-order valence-corrected chi connectivity index (χ3v) is 6.88. The van der Waals surface area contributed by atoms with Gasteiger partial charge in [0, 0.05) is 25.5 Å². The van der Waals surface area contributed by atoms with Crippen molar-refractivity contribution in [2.24, 2.45) is 0 Å². The summed E-state index contributed by atoms with van der Waals surface area (Å²) < 4.78 is 38.6. The second-order valence-electron chi connectivity index (χ2n) is 8.03. The highest BCUT2D eigenvalue weighted by Crippen LogP contribution is 2.44. The molecule has 0 bridgehead atoms. The van der Waals surface area contributed by atoms with Crippen molar-refractivity contribution in [2.45, 2.75) is 71.9 Å². The summed E-state index contributed by atoms with van der Waals surface area (Å²) in [6, 6.07) is 5.74. The van der Waals surface area contributed by atoms with Gasteiger partial charge in [0.15, 0.2) is 0 Å². The van der Waals surface area contributed by atoms with Crippen LogP contribution in [-0.4, -0.2) is 43.2 Å². The van der Waals surface area contributed by atoms with Crippen molar-refractivity contribution in [1.82, 2.24) is 4.31 Å². The summed E-state index contributed by atoms with van der Waals surface area (Å²) in [4.78, 5) is 10.8. The summed E-state index contributed by atoms with van der Waals surface area (Å²) in [5, 5.41) is 0. The van der Waals surface area contributed by atoms with E-state index in [0.29, 0.717) is 19.6 Å². The van der Waals surface area contributed by atoms with Crippen LogP contribution >= 0.6 is 0 Å². The summed E-state index contributed by atoms with van der Waals surface area (Å²) in [7, 11) is -3.38. The number of fused-ring (bicyclic) bond motifs is 1. The fraction of sp³-hybridized carbons (Fsp3) is 0.667. The minimum Gasteiger partial charge on any atom is -0.487 e. The zero-order valence-electron chi connectivity index (χ0n) is 17.7. The Morgan fingerprint density at radius 2 is 2.00 bits per heavy atom. The van der Waals surface area contributed by atoms with Crippen LogP contribution in [0.1, 0.15) is 70.5 Å². The lowest BCUT2D eigenvalue weighted by Gasteiger charge is -2.42. The Balaban J connectivity index is 2.20. The van der Waals surface area contributed by atoms with Gasteiger partial charge in [-0.1, -0.05) is 12.1 Å². The van der Waals surface area contributed by atoms with Crippen LogP contribution in [0.5, 0.6) is 5.75 Å². The van der Waals surface area contributed by atoms with Gasteiger partial charge in [-0.05, 0) is 58.6 Å². The molecule has 1 unspecified atom stereocenters. The molecule has 0 saturated heterocycles. The van der Waals surface area contributed by atoms with Crippen LogP contribution in [0.2, 0.25) is 0 Å². The number of hydrogen-bond donors (Lipinski definition) is 0. The number of aryl methyl sites for hydroxylation is 1. The Hall–Kier alpha value is -1.60. The molecule has 0 radical (unpaired) electrons. The lowest BCUT2D eigenvalue weighted by molar-refractivity contribution is -0.141. The zero-order chi connectivity index (χ0) is 20.9. The highest BCUT2D eigenvalue weighted by atomic mass is 32.2. The number of hydrogen-bond acceptors (Lipinski definition) is 5. The number of rotatable bonds is 9. The molecule has 0 aromatic heterocycles. The molecule has 158 valence electrons. The van der Waals surface area contributed by atoms with Crippen LogP contribution in [0.3, 0.4) is 0 Å². The summed E-state index contributed by atoms with van der Waals surface area (Å²) in [5.74, 6) is 0.554. The first-order valence-electron chi connectivity index (χ1n) is 9.98. The Morgan fingerprint density at radius 1 is 1.29 bits per heavy atom. The van der Waals surface area contributed by atoms with Gasteiger partial charge in [0.1, 0.15) is 11.4 Å². The predicted octanol–water partition coefficient (Wildman–Crippen LogP) is 3.98. The number of carbonyl (C=O) groups excluding carboxylic acids is 1. The van der Waals surface area contributed by atoms with Crippen LogP contribution in [-0.2, 0) is 19.6 Å². The number of nitrogens with zero attached hydrogens (tertiary/aromatic N) is 1. The second-order valence-corrected chi connectivity index (χ2v) is 10.2. The minimum absolute atomic E-state index is 0.0689. The molecule has 1 aliphatic heterocycles. The van der Waals surface area contributed by atoms with Crippen LogP contribution in [0.15, 0.2) is 18.2 Å². The monoisotopic (exact) mass is 411 g/mol. The van der Waals surface area contributed by atoms with Crippen molar-refractivity contribution >= 4 is 16.0 Å². The average Bonchev–Trinajstić information content (AvgIpc) is 2.58. The molecule has 1 atom stereocenters. The third-order valence-electron chi connectivity index (χ3n) is 5.00. The van der Waals surface area contributed by atoms with Crippen LogP contribution in [0.4, 0.5) is 0 Å². The van der Waals surface area contributed by atoms with E-state index in [2.05, 4.69) is 0 Å². The van der Waals surface area contributed by atoms with Gasteiger partial charge in [0.25, 0.3) is 0 Å². The van der Waals surface area contributed by atoms with E-state index in [0.717, 1.165) is 36.1 Å². The second kappa shape index (κ2) is 9.27. The van der Waals surface area contributed by atoms with E-state index >= 15 is 0 Å². The molecule has 0 fully saturated rings. The van der Waals surface area contributed by atoms with Crippen molar-refractivity contribution < 1.29 is 22.7 Å². The highest BCUT2D eigenvalue weighted by Gasteiger charge is 2.40. The molecule has 1 heterocycles. The highest BCUT2D eigenvalue weighted by molar-refractivity contribution is 7.89. The van der Waals surface area contributed by atoms with Crippen molar-refractivity contribution in [2.75, 3.05) is 18.9 Å². The number of unbranched alkanes of at least 4 members (excludes halogenated alkanes) is 2. The van der Waals surface area contributed by atoms with Gasteiger partial charge in [-0.3, -0.25) is 4.79 Å². The van der Waals surface area contributed by atoms with E-state index in [1.54, 1.807) is 11.2 Å². The molecule has 28 heavy (non-hydrogen) atoms. The van der Waals surface area contributed by atoms with Crippen LogP contribution in [0.25, 0.3) is 0 Å². The molecule has 6 nitrogen and oxygen atoms in total. The molecule has 1 aliphatic rings. The molecule has 2 rings (SSSR count). The maximum atomic E-state index is 12.9. The maximum absolute atomic E-state index is 12.9. The first kappa shape index (κ1) is 22.7. The van der Waals surface area contributed by atoms with E-state index < -0.39 is 15.6 Å². The van der Waals surface area contributed by atoms with Crippen molar-refractivity contribution in [3.8, 4) is 5.75 Å². The van der Waals surface area contributed by atoms with E-state index in [1.165, 1.54) is 6.92 Å². The Morgan fingerprint density at radius 3 is 2.64 bits per heavy atom. The van der Waals surface area contributed by atoms with Gasteiger partial charge in [-0.15, -0.1) is 0 Å². The van der Waals surface area contributed by atoms with Crippen molar-refractivity contribution in [3.05, 3.63) is 29.3 Å². The van der Waals surface area contributed by atoms with Crippen molar-refractivity contribution in [3.63, 3.8) is 0 Å². The van der Waals surface area contributed by atoms with E-state index in [-0.39, 0.29) is 17.8 Å². The molecule has 1 aromatic carbocycles. The number of benzene rings is 1. The summed E-state index contributed by atoms with van der Waals surface area (Å²) in [6.45, 7) is 9.91. The average molecular weight is 412 g/mol. The first-order chi connectivity index (χ1) is 13.1. The minimum atomic E-state index is -3.38. The van der Waals surface area contributed by atoms with Crippen LogP contribution < -0.4 is 4.74 Å². The van der Waals surface area contributed by atoms with Gasteiger partial charge < -0.3 is 9.47 Å². The number of ether oxygens (including phenoxy) is 2. The smallest absolute Gasteiger partial charge is 0.302 e. The fourth-order valence-corrected chi connectivity index (χ4v) is 4.91. The molecule has 1 aromatic rings. The maximum Gasteiger partial charge on any atom is 0.302 e. The fourth-order valence-electron chi connectivity index (χ4n) is 3.59. The summed E-state index contributed by atoms with van der Waals surface area (Å²) >= 11 is 0. The molecule has 0 saturated carbocycles. The van der Waals surface area contributed by atoms with Crippen molar-refractivity contribution in [1.29, 1.82) is 0 Å². The Bertz CT molecular complexity index is 788. The lowest BCUT2D eigenvalue weighted by atomic mass is 9.89. The van der Waals surface area contributed by atoms with Crippen LogP contribution in [0, 0.1) is 6.92 Å². The quantitative estimate of drug-likeness (QED) is 0.454. The topological polar surface area (TPSA) is 72.9 Å². The molecule has 0 spiro atoms. The first-order valence-corrected chi connectivity index (χ1v) is 11.6. The molecule has 0 amide bonds. The number of carbonyl (C=O) groups is 1. The molecular weight excluding hydrogens is 378 g/mol. The standard InChI is InChI=1S/C21H33NO5S/c1-6-28(24,25)22(12-8-7-9-13-26-17(3)23)19-15-21(4,5)27-20-14-16(2)10-11-18(19)20/h10-11,14,19H,6-9,12-13,15H2,1-5H3. The summed E-state index contributed by atoms with van der Waals surface area (Å²) in [6.07, 6.45) is 2.86. The Kier molecular flexibility index (Phi) is 7.51. The summed E-state index contributed by atoms with van der Waals surface area (Å²) in [5.41, 5.74) is 1.58. The Labute approximate surface area is 169 Å². The van der Waals surface area contributed by atoms with E-state index in [9.17, 15) is 13.2 Å². The van der Waals surface area contributed by atoms with Gasteiger partial charge in [0.2, 0.25) is 10.0 Å². The normalized spacial score (nSPS) is 18.4. The van der Waals surface area contributed by atoms with Gasteiger partial charge >= 0.3 is 5.97 Å². The van der Waals surface area contributed by atoms with Gasteiger partial charge in [0.05, 0.1) is 18.4 Å². The third kappa shape index (κ3) is 5.95.